The Labute approximate surface area is 145 Å². The van der Waals surface area contributed by atoms with Gasteiger partial charge >= 0.3 is 0 Å². The van der Waals surface area contributed by atoms with Crippen LogP contribution < -0.4 is 16.5 Å². The van der Waals surface area contributed by atoms with E-state index in [9.17, 15) is 9.59 Å². The fourth-order valence-corrected chi connectivity index (χ4v) is 2.95. The molecule has 0 fully saturated rings. The van der Waals surface area contributed by atoms with E-state index in [2.05, 4.69) is 17.2 Å². The number of nitrogens with one attached hydrogen (secondary N) is 2. The van der Waals surface area contributed by atoms with Crippen molar-refractivity contribution < 1.29 is 4.79 Å². The number of carbonyl (C=O) groups is 1. The lowest BCUT2D eigenvalue weighted by molar-refractivity contribution is 0.102. The fraction of sp³-hybridized carbons (Fsp3) is 0.200. The number of aryl methyl sites for hydroxylation is 1. The van der Waals surface area contributed by atoms with Gasteiger partial charge in [-0.25, -0.2) is 0 Å². The molecule has 5 nitrogen and oxygen atoms in total. The van der Waals surface area contributed by atoms with Crippen LogP contribution in [0.3, 0.4) is 0 Å². The molecule has 3 aromatic rings. The highest BCUT2D eigenvalue weighted by atomic mass is 16.2. The molecule has 0 aliphatic heterocycles. The van der Waals surface area contributed by atoms with Crippen molar-refractivity contribution in [2.45, 2.75) is 26.3 Å². The highest BCUT2D eigenvalue weighted by Crippen LogP contribution is 2.22. The molecule has 0 spiro atoms. The third-order valence-corrected chi connectivity index (χ3v) is 4.31. The number of para-hydroxylation sites is 1. The molecule has 0 saturated carbocycles. The summed E-state index contributed by atoms with van der Waals surface area (Å²) in [5.41, 5.74) is 9.29. The highest BCUT2D eigenvalue weighted by molar-refractivity contribution is 6.05. The first kappa shape index (κ1) is 16.9. The maximum atomic E-state index is 12.6. The summed E-state index contributed by atoms with van der Waals surface area (Å²) in [6.07, 6.45) is 2.32. The second-order valence-corrected chi connectivity index (χ2v) is 6.09. The van der Waals surface area contributed by atoms with E-state index in [0.717, 1.165) is 17.5 Å². The summed E-state index contributed by atoms with van der Waals surface area (Å²) in [4.78, 5) is 28.1. The first-order valence-corrected chi connectivity index (χ1v) is 8.31. The van der Waals surface area contributed by atoms with Gasteiger partial charge in [0.1, 0.15) is 5.56 Å². The maximum Gasteiger partial charge on any atom is 0.261 e. The van der Waals surface area contributed by atoms with Gasteiger partial charge in [-0.15, -0.1) is 0 Å². The summed E-state index contributed by atoms with van der Waals surface area (Å²) in [5, 5.41) is 3.29. The van der Waals surface area contributed by atoms with Gasteiger partial charge in [-0.3, -0.25) is 9.59 Å². The zero-order chi connectivity index (χ0) is 18.0. The Kier molecular flexibility index (Phi) is 4.67. The summed E-state index contributed by atoms with van der Waals surface area (Å²) in [6, 6.07) is 12.6. The van der Waals surface area contributed by atoms with Gasteiger partial charge in [-0.1, -0.05) is 25.1 Å². The minimum atomic E-state index is -0.438. The average molecular weight is 335 g/mol. The van der Waals surface area contributed by atoms with E-state index in [1.165, 1.54) is 6.20 Å². The van der Waals surface area contributed by atoms with Crippen molar-refractivity contribution in [2.75, 3.05) is 5.32 Å². The van der Waals surface area contributed by atoms with Crippen LogP contribution in [0.4, 0.5) is 5.69 Å². The molecule has 128 valence electrons. The smallest absolute Gasteiger partial charge is 0.261 e. The van der Waals surface area contributed by atoms with Gasteiger partial charge in [-0.05, 0) is 48.7 Å². The lowest BCUT2D eigenvalue weighted by Crippen LogP contribution is -2.22. The Balaban J connectivity index is 1.94. The molecule has 0 aliphatic rings. The van der Waals surface area contributed by atoms with Crippen molar-refractivity contribution >= 4 is 22.5 Å². The molecule has 1 aromatic heterocycles. The monoisotopic (exact) mass is 335 g/mol. The van der Waals surface area contributed by atoms with Crippen molar-refractivity contribution in [3.05, 3.63) is 75.6 Å². The van der Waals surface area contributed by atoms with Gasteiger partial charge in [0.2, 0.25) is 5.43 Å². The first-order valence-electron chi connectivity index (χ1n) is 8.31. The van der Waals surface area contributed by atoms with E-state index >= 15 is 0 Å². The number of aromatic amines is 1. The molecule has 5 heteroatoms. The number of hydrogen-bond donors (Lipinski definition) is 3. The minimum absolute atomic E-state index is 0.0839. The van der Waals surface area contributed by atoms with E-state index < -0.39 is 5.91 Å². The zero-order valence-electron chi connectivity index (χ0n) is 14.3. The molecule has 4 N–H and O–H groups in total. The van der Waals surface area contributed by atoms with Gasteiger partial charge in [0.15, 0.2) is 0 Å². The third-order valence-electron chi connectivity index (χ3n) is 4.31. The second kappa shape index (κ2) is 6.91. The number of nitrogens with two attached hydrogens (primary N) is 1. The number of fused-ring (bicyclic) bond motifs is 1. The van der Waals surface area contributed by atoms with E-state index in [4.69, 9.17) is 5.73 Å². The number of anilines is 1. The van der Waals surface area contributed by atoms with Crippen LogP contribution in [-0.4, -0.2) is 10.9 Å². The fourth-order valence-electron chi connectivity index (χ4n) is 2.95. The van der Waals surface area contributed by atoms with Crippen molar-refractivity contribution in [3.8, 4) is 0 Å². The van der Waals surface area contributed by atoms with Gasteiger partial charge in [-0.2, -0.15) is 0 Å². The molecule has 0 aliphatic carbocycles. The predicted octanol–water partition coefficient (Wildman–Crippen LogP) is 3.36. The lowest BCUT2D eigenvalue weighted by atomic mass is 9.99. The number of amides is 1. The Hall–Kier alpha value is -2.92. The largest absolute Gasteiger partial charge is 0.360 e. The molecule has 0 saturated heterocycles. The standard InChI is InChI=1S/C20H21N3O2/c1-3-13-8-9-14(10-16(13)12(2)21)23-20(25)17-11-22-18-7-5-4-6-15(18)19(17)24/h4-12H,3,21H2,1-2H3,(H,22,24)(H,23,25). The van der Waals surface area contributed by atoms with Crippen LogP contribution in [-0.2, 0) is 6.42 Å². The van der Waals surface area contributed by atoms with Gasteiger partial charge < -0.3 is 16.0 Å². The Bertz CT molecular complexity index is 990. The Morgan fingerprint density at radius 2 is 2.00 bits per heavy atom. The summed E-state index contributed by atoms with van der Waals surface area (Å²) in [6.45, 7) is 3.97. The number of pyridine rings is 1. The van der Waals surface area contributed by atoms with Crippen LogP contribution in [0.15, 0.2) is 53.5 Å². The van der Waals surface area contributed by atoms with Crippen LogP contribution in [0.25, 0.3) is 10.9 Å². The number of aromatic nitrogens is 1. The van der Waals surface area contributed by atoms with Crippen molar-refractivity contribution in [1.82, 2.24) is 4.98 Å². The first-order chi connectivity index (χ1) is 12.0. The maximum absolute atomic E-state index is 12.6. The molecule has 1 amide bonds. The third kappa shape index (κ3) is 3.32. The molecule has 1 atom stereocenters. The van der Waals surface area contributed by atoms with Crippen LogP contribution >= 0.6 is 0 Å². The van der Waals surface area contributed by atoms with Crippen LogP contribution in [0.5, 0.6) is 0 Å². The quantitative estimate of drug-likeness (QED) is 0.683. The predicted molar refractivity (Wildman–Crippen MR) is 101 cm³/mol. The molecule has 0 bridgehead atoms. The van der Waals surface area contributed by atoms with Crippen molar-refractivity contribution in [2.24, 2.45) is 5.73 Å². The molecular weight excluding hydrogens is 314 g/mol. The highest BCUT2D eigenvalue weighted by Gasteiger charge is 2.14. The zero-order valence-corrected chi connectivity index (χ0v) is 14.3. The Morgan fingerprint density at radius 1 is 1.24 bits per heavy atom. The van der Waals surface area contributed by atoms with Gasteiger partial charge in [0.05, 0.1) is 0 Å². The van der Waals surface area contributed by atoms with Crippen molar-refractivity contribution in [1.29, 1.82) is 0 Å². The SMILES string of the molecule is CCc1ccc(NC(=O)c2c[nH]c3ccccc3c2=O)cc1C(C)N. The van der Waals surface area contributed by atoms with E-state index in [0.29, 0.717) is 16.6 Å². The number of H-pyrrole nitrogens is 1. The second-order valence-electron chi connectivity index (χ2n) is 6.09. The normalized spacial score (nSPS) is 12.1. The molecule has 25 heavy (non-hydrogen) atoms. The summed E-state index contributed by atoms with van der Waals surface area (Å²) >= 11 is 0. The molecule has 1 heterocycles. The lowest BCUT2D eigenvalue weighted by Gasteiger charge is -2.14. The van der Waals surface area contributed by atoms with Crippen LogP contribution in [0.1, 0.15) is 41.4 Å². The van der Waals surface area contributed by atoms with Crippen molar-refractivity contribution in [3.63, 3.8) is 0 Å². The summed E-state index contributed by atoms with van der Waals surface area (Å²) in [7, 11) is 0. The molecule has 1 unspecified atom stereocenters. The number of carbonyl (C=O) groups excluding carboxylic acids is 1. The number of benzene rings is 2. The molecule has 3 rings (SSSR count). The van der Waals surface area contributed by atoms with E-state index in [-0.39, 0.29) is 17.0 Å². The average Bonchev–Trinajstić information content (AvgIpc) is 2.62. The summed E-state index contributed by atoms with van der Waals surface area (Å²) in [5.74, 6) is -0.438. The van der Waals surface area contributed by atoms with E-state index in [1.807, 2.05) is 31.2 Å². The Morgan fingerprint density at radius 3 is 2.72 bits per heavy atom. The van der Waals surface area contributed by atoms with Crippen LogP contribution in [0.2, 0.25) is 0 Å². The topological polar surface area (TPSA) is 88.0 Å². The molecular formula is C20H21N3O2. The summed E-state index contributed by atoms with van der Waals surface area (Å²) < 4.78 is 0. The molecule has 0 radical (unpaired) electrons. The van der Waals surface area contributed by atoms with Crippen LogP contribution in [0, 0.1) is 0 Å². The van der Waals surface area contributed by atoms with Gasteiger partial charge in [0, 0.05) is 28.8 Å². The number of rotatable bonds is 4. The molecule has 2 aromatic carbocycles. The number of hydrogen-bond acceptors (Lipinski definition) is 3. The van der Waals surface area contributed by atoms with E-state index in [1.54, 1.807) is 18.2 Å². The minimum Gasteiger partial charge on any atom is -0.360 e. The van der Waals surface area contributed by atoms with Gasteiger partial charge in [0.25, 0.3) is 5.91 Å².